The van der Waals surface area contributed by atoms with E-state index in [2.05, 4.69) is 26.3 Å². The van der Waals surface area contributed by atoms with Gasteiger partial charge in [0, 0.05) is 27.3 Å². The van der Waals surface area contributed by atoms with Crippen LogP contribution in [0.1, 0.15) is 27.7 Å². The molecule has 0 rings (SSSR count). The van der Waals surface area contributed by atoms with Gasteiger partial charge in [0.15, 0.2) is 0 Å². The third-order valence-electron chi connectivity index (χ3n) is 0. The molecule has 0 aliphatic carbocycles. The van der Waals surface area contributed by atoms with Crippen LogP contribution in [0, 0.1) is 0 Å². The van der Waals surface area contributed by atoms with Gasteiger partial charge in [0.25, 0.3) is 0 Å². The molecular formula is C12H24Pb. The predicted molar refractivity (Wildman–Crippen MR) is 69.2 cm³/mol. The summed E-state index contributed by atoms with van der Waals surface area (Å²) in [6, 6.07) is 0. The van der Waals surface area contributed by atoms with Gasteiger partial charge in [-0.15, -0.1) is 26.3 Å². The molecule has 0 unspecified atom stereocenters. The second-order valence-corrected chi connectivity index (χ2v) is 1.63. The summed E-state index contributed by atoms with van der Waals surface area (Å²) in [5, 5.41) is 0. The Kier molecular flexibility index (Phi) is 210. The Morgan fingerprint density at radius 2 is 0.538 bits per heavy atom. The Hall–Kier alpha value is -0.118. The fourth-order valence-corrected chi connectivity index (χ4v) is 0. The normalized spacial score (nSPS) is 4.00. The zero-order valence-corrected chi connectivity index (χ0v) is 13.5. The molecule has 0 saturated heterocycles. The van der Waals surface area contributed by atoms with Crippen LogP contribution in [-0.4, -0.2) is 27.3 Å². The van der Waals surface area contributed by atoms with E-state index in [-0.39, 0.29) is 27.3 Å². The van der Waals surface area contributed by atoms with Crippen molar-refractivity contribution in [2.24, 2.45) is 0 Å². The summed E-state index contributed by atoms with van der Waals surface area (Å²) < 4.78 is 0. The van der Waals surface area contributed by atoms with Crippen LogP contribution in [0.2, 0.25) is 0 Å². The van der Waals surface area contributed by atoms with Crippen LogP contribution in [0.4, 0.5) is 0 Å². The van der Waals surface area contributed by atoms with Crippen LogP contribution < -0.4 is 0 Å². The van der Waals surface area contributed by atoms with Crippen LogP contribution in [-0.2, 0) is 0 Å². The minimum atomic E-state index is 0. The van der Waals surface area contributed by atoms with Gasteiger partial charge in [-0.2, -0.15) is 0 Å². The monoisotopic (exact) mass is 376 g/mol. The van der Waals surface area contributed by atoms with E-state index in [1.54, 1.807) is 24.3 Å². The van der Waals surface area contributed by atoms with E-state index in [1.165, 1.54) is 0 Å². The third kappa shape index (κ3) is 83400. The average molecular weight is 376 g/mol. The van der Waals surface area contributed by atoms with Crippen molar-refractivity contribution in [3.05, 3.63) is 50.6 Å². The molecule has 0 atom stereocenters. The second-order valence-electron chi connectivity index (χ2n) is 1.63. The molecule has 1 heteroatoms. The van der Waals surface area contributed by atoms with Gasteiger partial charge < -0.3 is 0 Å². The maximum absolute atomic E-state index is 3.36. The molecule has 4 radical (unpaired) electrons. The summed E-state index contributed by atoms with van der Waals surface area (Å²) in [6.45, 7) is 21.0. The minimum Gasteiger partial charge on any atom is -0.103 e. The van der Waals surface area contributed by atoms with Crippen LogP contribution in [0.3, 0.4) is 0 Å². The van der Waals surface area contributed by atoms with E-state index in [1.807, 2.05) is 27.7 Å². The minimum absolute atomic E-state index is 0. The quantitative estimate of drug-likeness (QED) is 0.435. The third-order valence-corrected chi connectivity index (χ3v) is 0. The molecule has 13 heavy (non-hydrogen) atoms. The number of hydrogen-bond donors (Lipinski definition) is 0. The zero-order chi connectivity index (χ0) is 10.8. The molecule has 0 spiro atoms. The van der Waals surface area contributed by atoms with E-state index < -0.39 is 0 Å². The molecule has 0 fully saturated rings. The molecule has 76 valence electrons. The van der Waals surface area contributed by atoms with Gasteiger partial charge in [-0.1, -0.05) is 24.3 Å². The van der Waals surface area contributed by atoms with Gasteiger partial charge in [-0.3, -0.25) is 0 Å². The van der Waals surface area contributed by atoms with Crippen molar-refractivity contribution in [3.63, 3.8) is 0 Å². The van der Waals surface area contributed by atoms with Gasteiger partial charge in [0.2, 0.25) is 0 Å². The van der Waals surface area contributed by atoms with Gasteiger partial charge >= 0.3 is 0 Å². The molecule has 0 nitrogen and oxygen atoms in total. The van der Waals surface area contributed by atoms with E-state index in [4.69, 9.17) is 0 Å². The maximum atomic E-state index is 3.36. The van der Waals surface area contributed by atoms with Crippen molar-refractivity contribution in [1.29, 1.82) is 0 Å². The van der Waals surface area contributed by atoms with E-state index in [0.29, 0.717) is 0 Å². The summed E-state index contributed by atoms with van der Waals surface area (Å²) in [5.74, 6) is 0. The van der Waals surface area contributed by atoms with Crippen LogP contribution in [0.5, 0.6) is 0 Å². The summed E-state index contributed by atoms with van der Waals surface area (Å²) in [4.78, 5) is 0. The smallest absolute Gasteiger partial charge is 0 e. The molecule has 0 aromatic carbocycles. The van der Waals surface area contributed by atoms with Crippen LogP contribution >= 0.6 is 0 Å². The SMILES string of the molecule is C=CC.C=CC.C=CC.C=CC.[Pb]. The summed E-state index contributed by atoms with van der Waals surface area (Å²) in [5.41, 5.74) is 0. The van der Waals surface area contributed by atoms with Gasteiger partial charge in [-0.05, 0) is 27.7 Å². The fourth-order valence-electron chi connectivity index (χ4n) is 0. The molecule has 0 bridgehead atoms. The first kappa shape index (κ1) is 29.3. The molecule has 0 amide bonds. The molecule has 0 aliphatic rings. The first-order valence-electron chi connectivity index (χ1n) is 3.94. The Morgan fingerprint density at radius 1 is 0.538 bits per heavy atom. The van der Waals surface area contributed by atoms with Crippen molar-refractivity contribution in [2.75, 3.05) is 0 Å². The van der Waals surface area contributed by atoms with E-state index in [9.17, 15) is 0 Å². The molecular weight excluding hydrogens is 351 g/mol. The molecule has 0 N–H and O–H groups in total. The number of hydrogen-bond acceptors (Lipinski definition) is 0. The van der Waals surface area contributed by atoms with E-state index >= 15 is 0 Å². The van der Waals surface area contributed by atoms with E-state index in [0.717, 1.165) is 0 Å². The Labute approximate surface area is 105 Å². The molecule has 0 saturated carbocycles. The second kappa shape index (κ2) is 93.4. The molecule has 0 heterocycles. The fraction of sp³-hybridized carbons (Fsp3) is 0.333. The topological polar surface area (TPSA) is 0 Å². The van der Waals surface area contributed by atoms with Gasteiger partial charge in [0.1, 0.15) is 0 Å². The number of rotatable bonds is 0. The Morgan fingerprint density at radius 3 is 0.538 bits per heavy atom. The first-order valence-corrected chi connectivity index (χ1v) is 3.94. The zero-order valence-electron chi connectivity index (χ0n) is 9.64. The molecule has 0 aromatic rings. The predicted octanol–water partition coefficient (Wildman–Crippen LogP) is 4.39. The average Bonchev–Trinajstić information content (AvgIpc) is 1.92. The first-order chi connectivity index (χ1) is 5.66. The van der Waals surface area contributed by atoms with Crippen molar-refractivity contribution in [3.8, 4) is 0 Å². The largest absolute Gasteiger partial charge is 0.103 e. The summed E-state index contributed by atoms with van der Waals surface area (Å²) in [7, 11) is 0. The Bertz CT molecular complexity index is 59.1. The molecule has 0 aromatic heterocycles. The maximum Gasteiger partial charge on any atom is 0 e. The summed E-state index contributed by atoms with van der Waals surface area (Å²) in [6.07, 6.45) is 7.00. The summed E-state index contributed by atoms with van der Waals surface area (Å²) >= 11 is 0. The van der Waals surface area contributed by atoms with Crippen molar-refractivity contribution in [2.45, 2.75) is 27.7 Å². The van der Waals surface area contributed by atoms with Gasteiger partial charge in [-0.25, -0.2) is 0 Å². The van der Waals surface area contributed by atoms with Gasteiger partial charge in [0.05, 0.1) is 0 Å². The molecule has 0 aliphatic heterocycles. The number of allylic oxidation sites excluding steroid dienone is 4. The van der Waals surface area contributed by atoms with Crippen molar-refractivity contribution >= 4 is 27.3 Å². The Balaban J connectivity index is -0.0000000213. The van der Waals surface area contributed by atoms with Crippen molar-refractivity contribution in [1.82, 2.24) is 0 Å². The standard InChI is InChI=1S/4C3H6.Pb/c4*1-3-2;/h4*3H,1H2,2H3;. The van der Waals surface area contributed by atoms with Crippen LogP contribution in [0.15, 0.2) is 50.6 Å². The van der Waals surface area contributed by atoms with Crippen molar-refractivity contribution < 1.29 is 0 Å². The van der Waals surface area contributed by atoms with Crippen LogP contribution in [0.25, 0.3) is 0 Å².